The Morgan fingerprint density at radius 3 is 2.25 bits per heavy atom. The Hall–Kier alpha value is -0.660. The number of piperidine rings is 1. The minimum atomic E-state index is -3.61. The number of amides is 1. The number of carbonyl (C=O) groups excluding carboxylic acids is 1. The summed E-state index contributed by atoms with van der Waals surface area (Å²) in [6, 6.07) is 0.346. The molecule has 2 aliphatic rings. The van der Waals surface area contributed by atoms with Gasteiger partial charge in [0.25, 0.3) is 10.2 Å². The minimum absolute atomic E-state index is 0.0488. The zero-order chi connectivity index (χ0) is 14.9. The van der Waals surface area contributed by atoms with Crippen molar-refractivity contribution in [2.24, 2.45) is 17.0 Å². The average Bonchev–Trinajstić information content (AvgIpc) is 2.86. The summed E-state index contributed by atoms with van der Waals surface area (Å²) in [4.78, 5) is 14.6. The molecule has 20 heavy (non-hydrogen) atoms. The maximum absolute atomic E-state index is 12.6. The predicted molar refractivity (Wildman–Crippen MR) is 77.0 cm³/mol. The van der Waals surface area contributed by atoms with Crippen LogP contribution in [0.25, 0.3) is 0 Å². The summed E-state index contributed by atoms with van der Waals surface area (Å²) in [6.45, 7) is 5.86. The smallest absolute Gasteiger partial charge is 0.276 e. The van der Waals surface area contributed by atoms with E-state index in [-0.39, 0.29) is 11.8 Å². The fraction of sp³-hybridized carbons (Fsp3) is 0.923. The summed E-state index contributed by atoms with van der Waals surface area (Å²) < 4.78 is 23.8. The lowest BCUT2D eigenvalue weighted by Gasteiger charge is -2.34. The number of rotatable bonds is 3. The van der Waals surface area contributed by atoms with Gasteiger partial charge in [0, 0.05) is 31.6 Å². The van der Waals surface area contributed by atoms with Crippen LogP contribution in [0.1, 0.15) is 39.5 Å². The van der Waals surface area contributed by atoms with Crippen LogP contribution in [0, 0.1) is 11.8 Å². The first kappa shape index (κ1) is 15.7. The first-order chi connectivity index (χ1) is 9.30. The van der Waals surface area contributed by atoms with Gasteiger partial charge in [-0.25, -0.2) is 5.14 Å². The van der Waals surface area contributed by atoms with Gasteiger partial charge in [0.05, 0.1) is 0 Å². The molecule has 2 heterocycles. The minimum Gasteiger partial charge on any atom is -0.339 e. The number of hydrogen-bond donors (Lipinski definition) is 1. The first-order valence-electron chi connectivity index (χ1n) is 7.39. The van der Waals surface area contributed by atoms with Crippen LogP contribution in [0.5, 0.6) is 0 Å². The summed E-state index contributed by atoms with van der Waals surface area (Å²) in [5, 5.41) is 5.12. The highest BCUT2D eigenvalue weighted by Gasteiger charge is 2.36. The molecule has 7 heteroatoms. The van der Waals surface area contributed by atoms with E-state index in [0.717, 1.165) is 19.4 Å². The zero-order valence-electron chi connectivity index (χ0n) is 12.3. The molecule has 1 atom stereocenters. The monoisotopic (exact) mass is 303 g/mol. The standard InChI is InChI=1S/C13H25N3O3S/c1-10(2)12-4-3-7-16(12)13(17)11-5-8-15(9-6-11)20(14,18)19/h10-12H,3-9H2,1-2H3,(H2,14,18,19). The topological polar surface area (TPSA) is 83.7 Å². The largest absolute Gasteiger partial charge is 0.339 e. The SMILES string of the molecule is CC(C)C1CCCN1C(=O)C1CCN(S(N)(=O)=O)CC1. The van der Waals surface area contributed by atoms with Crippen molar-refractivity contribution in [1.29, 1.82) is 0 Å². The Morgan fingerprint density at radius 2 is 1.75 bits per heavy atom. The van der Waals surface area contributed by atoms with Gasteiger partial charge in [-0.3, -0.25) is 4.79 Å². The lowest BCUT2D eigenvalue weighted by Crippen LogP contribution is -2.48. The van der Waals surface area contributed by atoms with Crippen molar-refractivity contribution in [1.82, 2.24) is 9.21 Å². The lowest BCUT2D eigenvalue weighted by molar-refractivity contribution is -0.138. The van der Waals surface area contributed by atoms with Crippen LogP contribution in [0.15, 0.2) is 0 Å². The lowest BCUT2D eigenvalue weighted by atomic mass is 9.94. The number of nitrogens with zero attached hydrogens (tertiary/aromatic N) is 2. The average molecular weight is 303 g/mol. The van der Waals surface area contributed by atoms with Gasteiger partial charge >= 0.3 is 0 Å². The Labute approximate surface area is 121 Å². The molecule has 1 unspecified atom stereocenters. The van der Waals surface area contributed by atoms with Gasteiger partial charge in [-0.05, 0) is 31.6 Å². The molecule has 2 fully saturated rings. The molecule has 0 spiro atoms. The second-order valence-electron chi connectivity index (χ2n) is 6.20. The van der Waals surface area contributed by atoms with E-state index in [4.69, 9.17) is 5.14 Å². The van der Waals surface area contributed by atoms with Crippen molar-refractivity contribution >= 4 is 16.1 Å². The van der Waals surface area contributed by atoms with Crippen LogP contribution < -0.4 is 5.14 Å². The maximum atomic E-state index is 12.6. The fourth-order valence-electron chi connectivity index (χ4n) is 3.35. The quantitative estimate of drug-likeness (QED) is 0.826. The molecule has 0 aromatic carbocycles. The predicted octanol–water partition coefficient (Wildman–Crippen LogP) is 0.549. The van der Waals surface area contributed by atoms with E-state index in [1.54, 1.807) is 0 Å². The Kier molecular flexibility index (Phi) is 4.71. The van der Waals surface area contributed by atoms with E-state index >= 15 is 0 Å². The molecule has 0 aromatic rings. The van der Waals surface area contributed by atoms with Crippen LogP contribution in [0.4, 0.5) is 0 Å². The third kappa shape index (κ3) is 3.32. The maximum Gasteiger partial charge on any atom is 0.276 e. The van der Waals surface area contributed by atoms with Crippen LogP contribution >= 0.6 is 0 Å². The van der Waals surface area contributed by atoms with Gasteiger partial charge in [-0.1, -0.05) is 13.8 Å². The van der Waals surface area contributed by atoms with E-state index in [1.165, 1.54) is 4.31 Å². The van der Waals surface area contributed by atoms with E-state index < -0.39 is 10.2 Å². The van der Waals surface area contributed by atoms with Crippen LogP contribution in [0.3, 0.4) is 0 Å². The van der Waals surface area contributed by atoms with E-state index in [9.17, 15) is 13.2 Å². The molecule has 0 aliphatic carbocycles. The number of carbonyl (C=O) groups is 1. The molecule has 2 rings (SSSR count). The molecule has 1 amide bonds. The van der Waals surface area contributed by atoms with Gasteiger partial charge in [0.1, 0.15) is 0 Å². The molecular formula is C13H25N3O3S. The summed E-state index contributed by atoms with van der Waals surface area (Å²) in [7, 11) is -3.61. The van der Waals surface area contributed by atoms with Gasteiger partial charge in [-0.2, -0.15) is 12.7 Å². The molecular weight excluding hydrogens is 278 g/mol. The highest BCUT2D eigenvalue weighted by Crippen LogP contribution is 2.28. The molecule has 2 aliphatic heterocycles. The van der Waals surface area contributed by atoms with Crippen molar-refractivity contribution in [2.75, 3.05) is 19.6 Å². The van der Waals surface area contributed by atoms with Crippen molar-refractivity contribution < 1.29 is 13.2 Å². The van der Waals surface area contributed by atoms with Crippen LogP contribution in [-0.2, 0) is 15.0 Å². The molecule has 2 saturated heterocycles. The third-order valence-electron chi connectivity index (χ3n) is 4.51. The molecule has 0 bridgehead atoms. The van der Waals surface area contributed by atoms with Crippen LogP contribution in [0.2, 0.25) is 0 Å². The van der Waals surface area contributed by atoms with E-state index in [1.807, 2.05) is 4.90 Å². The molecule has 0 saturated carbocycles. The first-order valence-corrected chi connectivity index (χ1v) is 8.89. The highest BCUT2D eigenvalue weighted by atomic mass is 32.2. The molecule has 6 nitrogen and oxygen atoms in total. The molecule has 0 radical (unpaired) electrons. The Balaban J connectivity index is 1.95. The van der Waals surface area contributed by atoms with Crippen molar-refractivity contribution in [2.45, 2.75) is 45.6 Å². The Morgan fingerprint density at radius 1 is 1.15 bits per heavy atom. The summed E-state index contributed by atoms with van der Waals surface area (Å²) in [5.41, 5.74) is 0. The van der Waals surface area contributed by atoms with E-state index in [2.05, 4.69) is 13.8 Å². The highest BCUT2D eigenvalue weighted by molar-refractivity contribution is 7.86. The van der Waals surface area contributed by atoms with Crippen molar-refractivity contribution in [3.63, 3.8) is 0 Å². The van der Waals surface area contributed by atoms with Crippen molar-refractivity contribution in [3.8, 4) is 0 Å². The molecule has 0 aromatic heterocycles. The van der Waals surface area contributed by atoms with Crippen molar-refractivity contribution in [3.05, 3.63) is 0 Å². The zero-order valence-corrected chi connectivity index (χ0v) is 13.1. The Bertz CT molecular complexity index is 455. The normalized spacial score (nSPS) is 26.4. The summed E-state index contributed by atoms with van der Waals surface area (Å²) in [5.74, 6) is 0.633. The van der Waals surface area contributed by atoms with Gasteiger partial charge in [0.2, 0.25) is 5.91 Å². The fourth-order valence-corrected chi connectivity index (χ4v) is 4.07. The number of likely N-dealkylation sites (tertiary alicyclic amines) is 1. The third-order valence-corrected chi connectivity index (χ3v) is 5.60. The van der Waals surface area contributed by atoms with Gasteiger partial charge in [-0.15, -0.1) is 0 Å². The second-order valence-corrected chi connectivity index (χ2v) is 7.75. The van der Waals surface area contributed by atoms with Gasteiger partial charge < -0.3 is 4.90 Å². The number of hydrogen-bond acceptors (Lipinski definition) is 3. The number of nitrogens with two attached hydrogens (primary N) is 1. The van der Waals surface area contributed by atoms with Gasteiger partial charge in [0.15, 0.2) is 0 Å². The molecule has 116 valence electrons. The van der Waals surface area contributed by atoms with Crippen LogP contribution in [-0.4, -0.2) is 49.2 Å². The second kappa shape index (κ2) is 5.99. The summed E-state index contributed by atoms with van der Waals surface area (Å²) in [6.07, 6.45) is 3.32. The summed E-state index contributed by atoms with van der Waals surface area (Å²) >= 11 is 0. The van der Waals surface area contributed by atoms with E-state index in [0.29, 0.717) is 37.9 Å². The molecule has 2 N–H and O–H groups in total.